The molecule has 2 aromatic carbocycles. The number of benzene rings is 2. The number of hydrogen-bond donors (Lipinski definition) is 5. The molecule has 8 nitrogen and oxygen atoms in total. The van der Waals surface area contributed by atoms with Gasteiger partial charge in [-0.05, 0) is 49.2 Å². The number of amides is 2. The first-order valence-corrected chi connectivity index (χ1v) is 10.6. The summed E-state index contributed by atoms with van der Waals surface area (Å²) in [6.45, 7) is 2.75. The molecule has 0 saturated heterocycles. The van der Waals surface area contributed by atoms with Crippen LogP contribution >= 0.6 is 0 Å². The van der Waals surface area contributed by atoms with Crippen LogP contribution in [0.1, 0.15) is 35.6 Å². The molecule has 9 heteroatoms. The van der Waals surface area contributed by atoms with Crippen molar-refractivity contribution in [1.29, 1.82) is 0 Å². The maximum atomic E-state index is 12.4. The minimum Gasteiger partial charge on any atom is -0.423 e. The molecule has 174 valence electrons. The van der Waals surface area contributed by atoms with Gasteiger partial charge < -0.3 is 31.3 Å². The fraction of sp³-hybridized carbons (Fsp3) is 0.333. The van der Waals surface area contributed by atoms with E-state index in [1.807, 2.05) is 43.3 Å². The molecule has 2 aromatic rings. The molecular weight excluding hydrogens is 419 g/mol. The van der Waals surface area contributed by atoms with Gasteiger partial charge in [-0.15, -0.1) is 5.92 Å². The summed E-state index contributed by atoms with van der Waals surface area (Å²) in [5.74, 6) is 5.03. The number of nitrogens with zero attached hydrogens (tertiary/aromatic N) is 1. The lowest BCUT2D eigenvalue weighted by Crippen LogP contribution is -2.43. The van der Waals surface area contributed by atoms with Crippen LogP contribution in [0.4, 0.5) is 0 Å². The molecule has 1 atom stereocenters. The number of nitrogens with two attached hydrogens (primary N) is 1. The third kappa shape index (κ3) is 8.37. The first-order chi connectivity index (χ1) is 15.7. The van der Waals surface area contributed by atoms with Crippen LogP contribution < -0.4 is 21.8 Å². The molecule has 0 heterocycles. The monoisotopic (exact) mass is 450 g/mol. The van der Waals surface area contributed by atoms with E-state index in [-0.39, 0.29) is 18.9 Å². The number of carbonyl (C=O) groups excluding carboxylic acids is 2. The normalized spacial score (nSPS) is 11.4. The summed E-state index contributed by atoms with van der Waals surface area (Å²) in [5, 5.41) is 24.8. The van der Waals surface area contributed by atoms with Crippen LogP contribution in [0.5, 0.6) is 0 Å². The van der Waals surface area contributed by atoms with E-state index in [0.29, 0.717) is 24.1 Å². The Morgan fingerprint density at radius 1 is 1.09 bits per heavy atom. The van der Waals surface area contributed by atoms with Crippen molar-refractivity contribution in [3.8, 4) is 11.8 Å². The lowest BCUT2D eigenvalue weighted by molar-refractivity contribution is -0.127. The van der Waals surface area contributed by atoms with E-state index >= 15 is 0 Å². The lowest BCUT2D eigenvalue weighted by Gasteiger charge is -2.16. The summed E-state index contributed by atoms with van der Waals surface area (Å²) in [4.78, 5) is 26.5. The van der Waals surface area contributed by atoms with E-state index in [9.17, 15) is 19.6 Å². The zero-order chi connectivity index (χ0) is 24.4. The number of nitrogens with one attached hydrogen (secondary N) is 2. The van der Waals surface area contributed by atoms with E-state index in [2.05, 4.69) is 22.5 Å². The van der Waals surface area contributed by atoms with Crippen molar-refractivity contribution in [3.05, 3.63) is 64.7 Å². The molecule has 2 amide bonds. The second-order valence-corrected chi connectivity index (χ2v) is 7.98. The fourth-order valence-electron chi connectivity index (χ4n) is 3.29. The molecule has 0 fully saturated rings. The van der Waals surface area contributed by atoms with Gasteiger partial charge in [-0.1, -0.05) is 42.3 Å². The molecule has 2 rings (SSSR count). The topological polar surface area (TPSA) is 128 Å². The van der Waals surface area contributed by atoms with Gasteiger partial charge in [0, 0.05) is 25.2 Å². The van der Waals surface area contributed by atoms with Crippen molar-refractivity contribution >= 4 is 24.4 Å². The minimum atomic E-state index is -1.62. The predicted molar refractivity (Wildman–Crippen MR) is 129 cm³/mol. The molecule has 0 unspecified atom stereocenters. The third-order valence-electron chi connectivity index (χ3n) is 4.94. The molecule has 6 N–H and O–H groups in total. The largest absolute Gasteiger partial charge is 0.488 e. The van der Waals surface area contributed by atoms with Crippen molar-refractivity contribution in [2.75, 3.05) is 14.1 Å². The van der Waals surface area contributed by atoms with Crippen molar-refractivity contribution in [1.82, 2.24) is 15.5 Å². The quantitative estimate of drug-likeness (QED) is 0.244. The molecule has 0 radical (unpaired) electrons. The molecule has 0 bridgehead atoms. The van der Waals surface area contributed by atoms with Crippen LogP contribution in [0, 0.1) is 11.8 Å². The van der Waals surface area contributed by atoms with Gasteiger partial charge in [-0.2, -0.15) is 0 Å². The summed E-state index contributed by atoms with van der Waals surface area (Å²) >= 11 is 0. The molecule has 0 aliphatic heterocycles. The highest BCUT2D eigenvalue weighted by atomic mass is 16.4. The Balaban J connectivity index is 1.88. The Hall–Kier alpha value is -3.16. The Morgan fingerprint density at radius 3 is 2.48 bits per heavy atom. The molecular formula is C24H31BN4O4. The van der Waals surface area contributed by atoms with Gasteiger partial charge in [0.25, 0.3) is 0 Å². The molecule has 0 aromatic heterocycles. The maximum absolute atomic E-state index is 12.4. The minimum absolute atomic E-state index is 0.152. The first-order valence-electron chi connectivity index (χ1n) is 10.6. The fourth-order valence-corrected chi connectivity index (χ4v) is 3.29. The Morgan fingerprint density at radius 2 is 1.82 bits per heavy atom. The molecule has 0 saturated carbocycles. The Bertz CT molecular complexity index is 1030. The number of rotatable bonds is 10. The predicted octanol–water partition coefficient (Wildman–Crippen LogP) is -0.551. The van der Waals surface area contributed by atoms with Crippen LogP contribution in [0.3, 0.4) is 0 Å². The highest BCUT2D eigenvalue weighted by Crippen LogP contribution is 2.08. The summed E-state index contributed by atoms with van der Waals surface area (Å²) < 4.78 is 0. The maximum Gasteiger partial charge on any atom is 0.488 e. The smallest absolute Gasteiger partial charge is 0.423 e. The van der Waals surface area contributed by atoms with Crippen LogP contribution in [-0.4, -0.2) is 54.0 Å². The SMILES string of the molecule is CC#Cc1ccccc1CNC(=O)C[C@H](N)C(=O)NCc1ccc(CN(C)C)c(B(O)O)c1. The van der Waals surface area contributed by atoms with Gasteiger partial charge in [-0.3, -0.25) is 9.59 Å². The van der Waals surface area contributed by atoms with Crippen molar-refractivity contribution < 1.29 is 19.6 Å². The number of hydrogen-bond acceptors (Lipinski definition) is 6. The molecule has 0 aliphatic rings. The summed E-state index contributed by atoms with van der Waals surface area (Å²) in [6.07, 6.45) is -0.157. The van der Waals surface area contributed by atoms with Gasteiger partial charge in [0.1, 0.15) is 0 Å². The summed E-state index contributed by atoms with van der Waals surface area (Å²) in [7, 11) is 2.16. The van der Waals surface area contributed by atoms with Gasteiger partial charge >= 0.3 is 7.12 Å². The van der Waals surface area contributed by atoms with E-state index in [1.165, 1.54) is 0 Å². The highest BCUT2D eigenvalue weighted by molar-refractivity contribution is 6.59. The third-order valence-corrected chi connectivity index (χ3v) is 4.94. The zero-order valence-corrected chi connectivity index (χ0v) is 19.3. The van der Waals surface area contributed by atoms with Crippen LogP contribution in [0.2, 0.25) is 0 Å². The second kappa shape index (κ2) is 12.8. The van der Waals surface area contributed by atoms with Gasteiger partial charge in [0.2, 0.25) is 11.8 Å². The zero-order valence-electron chi connectivity index (χ0n) is 19.3. The first kappa shape index (κ1) is 26.1. The van der Waals surface area contributed by atoms with Gasteiger partial charge in [-0.25, -0.2) is 0 Å². The van der Waals surface area contributed by atoms with Gasteiger partial charge in [0.15, 0.2) is 0 Å². The van der Waals surface area contributed by atoms with Crippen molar-refractivity contribution in [2.24, 2.45) is 5.73 Å². The van der Waals surface area contributed by atoms with Crippen molar-refractivity contribution in [3.63, 3.8) is 0 Å². The Labute approximate surface area is 195 Å². The highest BCUT2D eigenvalue weighted by Gasteiger charge is 2.19. The van der Waals surface area contributed by atoms with E-state index < -0.39 is 19.1 Å². The lowest BCUT2D eigenvalue weighted by atomic mass is 9.76. The molecule has 0 aliphatic carbocycles. The Kier molecular flexibility index (Phi) is 10.1. The van der Waals surface area contributed by atoms with Crippen molar-refractivity contribution in [2.45, 2.75) is 39.0 Å². The van der Waals surface area contributed by atoms with Gasteiger partial charge in [0.05, 0.1) is 12.5 Å². The van der Waals surface area contributed by atoms with E-state index in [4.69, 9.17) is 5.73 Å². The van der Waals surface area contributed by atoms with Crippen LogP contribution in [0.25, 0.3) is 0 Å². The average Bonchev–Trinajstić information content (AvgIpc) is 2.77. The second-order valence-electron chi connectivity index (χ2n) is 7.98. The van der Waals surface area contributed by atoms with Crippen LogP contribution in [0.15, 0.2) is 42.5 Å². The summed E-state index contributed by atoms with van der Waals surface area (Å²) in [6, 6.07) is 11.7. The molecule has 33 heavy (non-hydrogen) atoms. The summed E-state index contributed by atoms with van der Waals surface area (Å²) in [5.41, 5.74) is 9.49. The van der Waals surface area contributed by atoms with E-state index in [0.717, 1.165) is 16.7 Å². The average molecular weight is 450 g/mol. The molecule has 0 spiro atoms. The van der Waals surface area contributed by atoms with E-state index in [1.54, 1.807) is 25.1 Å². The van der Waals surface area contributed by atoms with Crippen LogP contribution in [-0.2, 0) is 29.2 Å². The standard InChI is InChI=1S/C24H31BN4O4/c1-4-7-18-8-5-6-9-19(18)15-27-23(30)13-22(26)24(31)28-14-17-10-11-20(16-29(2)3)21(12-17)25(32)33/h5-6,8-12,22,32-33H,13-16,26H2,1-3H3,(H,27,30)(H,28,31)/t22-/m0/s1. The number of carbonyl (C=O) groups is 2.